The number of nitrogens with zero attached hydrogens (tertiary/aromatic N) is 1. The van der Waals surface area contributed by atoms with E-state index in [-0.39, 0.29) is 12.6 Å². The minimum Gasteiger partial charge on any atom is -0.464 e. The van der Waals surface area contributed by atoms with Crippen LogP contribution >= 0.6 is 0 Å². The second kappa shape index (κ2) is 11.3. The number of aromatic nitrogens is 1. The molecule has 1 rings (SSSR count). The number of hydrogen-bond acceptors (Lipinski definition) is 7. The summed E-state index contributed by atoms with van der Waals surface area (Å²) in [6, 6.07) is 3.86. The lowest BCUT2D eigenvalue weighted by Crippen LogP contribution is -2.54. The van der Waals surface area contributed by atoms with Gasteiger partial charge < -0.3 is 21.8 Å². The minimum absolute atomic E-state index is 0.0915. The predicted molar refractivity (Wildman–Crippen MR) is 115 cm³/mol. The number of ether oxygens (including phenoxy) is 1. The molecule has 0 aliphatic rings. The minimum atomic E-state index is -2.54. The zero-order valence-electron chi connectivity index (χ0n) is 18.2. The van der Waals surface area contributed by atoms with Gasteiger partial charge in [-0.25, -0.2) is 4.79 Å². The van der Waals surface area contributed by atoms with Crippen LogP contribution in [0.3, 0.4) is 0 Å². The molecule has 0 atom stereocenters. The summed E-state index contributed by atoms with van der Waals surface area (Å²) in [7, 11) is -7.46. The number of unbranched alkanes of at least 4 members (excludes halogenated alkanes) is 1. The van der Waals surface area contributed by atoms with E-state index in [1.165, 1.54) is 0 Å². The number of carbonyl (C=O) groups is 1. The average molecular weight is 446 g/mol. The van der Waals surface area contributed by atoms with E-state index in [0.717, 1.165) is 18.4 Å². The Morgan fingerprint density at radius 3 is 2.21 bits per heavy atom. The molecule has 0 amide bonds. The molecule has 0 saturated carbocycles. The van der Waals surface area contributed by atoms with Gasteiger partial charge in [-0.05, 0) is 57.3 Å². The topological polar surface area (TPSA) is 76.1 Å². The number of carbonyl (C=O) groups excluding carboxylic acids is 1. The number of rotatable bonds is 13. The molecule has 1 aromatic heterocycles. The summed E-state index contributed by atoms with van der Waals surface area (Å²) in [5, 5.41) is 0. The second-order valence-corrected chi connectivity index (χ2v) is 18.5. The number of pyridine rings is 1. The fourth-order valence-electron chi connectivity index (χ4n) is 2.61. The van der Waals surface area contributed by atoms with E-state index in [1.807, 2.05) is 58.3 Å². The lowest BCUT2D eigenvalue weighted by molar-refractivity contribution is -0.146. The van der Waals surface area contributed by atoms with Crippen LogP contribution in [0.25, 0.3) is 0 Å². The van der Waals surface area contributed by atoms with Crippen molar-refractivity contribution in [2.75, 3.05) is 13.2 Å². The van der Waals surface area contributed by atoms with Crippen molar-refractivity contribution in [3.05, 3.63) is 30.1 Å². The van der Waals surface area contributed by atoms with Crippen LogP contribution in [0.1, 0.15) is 25.3 Å². The first-order valence-corrected chi connectivity index (χ1v) is 18.1. The molecule has 28 heavy (non-hydrogen) atoms. The monoisotopic (exact) mass is 445 g/mol. The largest absolute Gasteiger partial charge is 0.464 e. The summed E-state index contributed by atoms with van der Waals surface area (Å²) >= 11 is 0. The van der Waals surface area contributed by atoms with Crippen LogP contribution in [0.4, 0.5) is 0 Å². The Kier molecular flexibility index (Phi) is 10.2. The zero-order chi connectivity index (χ0) is 21.3. The van der Waals surface area contributed by atoms with Gasteiger partial charge >= 0.3 is 31.7 Å². The highest BCUT2D eigenvalue weighted by Gasteiger charge is 2.42. The van der Waals surface area contributed by atoms with Crippen LogP contribution in [0.2, 0.25) is 39.3 Å². The van der Waals surface area contributed by atoms with Gasteiger partial charge in [0, 0.05) is 12.4 Å². The van der Waals surface area contributed by atoms with Crippen LogP contribution in [-0.2, 0) is 33.2 Å². The lowest BCUT2D eigenvalue weighted by atomic mass is 10.3. The van der Waals surface area contributed by atoms with Gasteiger partial charge in [0.05, 0.1) is 13.2 Å². The Bertz CT molecular complexity index is 598. The first-order valence-electron chi connectivity index (χ1n) is 9.67. The normalized spacial score (nSPS) is 12.8. The summed E-state index contributed by atoms with van der Waals surface area (Å²) in [6.45, 7) is 14.6. The zero-order valence-corrected chi connectivity index (χ0v) is 21.2. The Balaban J connectivity index is 2.49. The highest BCUT2D eigenvalue weighted by molar-refractivity contribution is 6.84. The molecule has 160 valence electrons. The Morgan fingerprint density at radius 2 is 1.64 bits per heavy atom. The summed E-state index contributed by atoms with van der Waals surface area (Å²) in [4.78, 5) is 15.9. The van der Waals surface area contributed by atoms with Gasteiger partial charge in [0.1, 0.15) is 6.61 Å². The fraction of sp³-hybridized carbons (Fsp3) is 0.667. The van der Waals surface area contributed by atoms with Crippen LogP contribution in [-0.4, -0.2) is 49.8 Å². The molecule has 0 aromatic carbocycles. The quantitative estimate of drug-likeness (QED) is 0.257. The van der Waals surface area contributed by atoms with Gasteiger partial charge in [0.15, 0.2) is 0 Å². The number of hydrogen-bond donors (Lipinski definition) is 0. The van der Waals surface area contributed by atoms with Crippen molar-refractivity contribution in [2.45, 2.75) is 65.7 Å². The standard InChI is InChI=1S/C18H35NO6Si3/c1-8-9-13-21-18(20)16-23-27(4,5)25-28(6,7)24-26(2,3)22-15-17-11-10-12-19-14-17/h10-12,14H,8-9,13,15-16H2,1-7H3. The van der Waals surface area contributed by atoms with Crippen molar-refractivity contribution in [1.29, 1.82) is 0 Å². The van der Waals surface area contributed by atoms with Crippen molar-refractivity contribution >= 4 is 31.7 Å². The first-order chi connectivity index (χ1) is 12.9. The van der Waals surface area contributed by atoms with E-state index in [9.17, 15) is 4.79 Å². The fourth-order valence-corrected chi connectivity index (χ4v) is 14.1. The van der Waals surface area contributed by atoms with Gasteiger partial charge in [-0.15, -0.1) is 0 Å². The molecule has 0 radical (unpaired) electrons. The third kappa shape index (κ3) is 11.2. The van der Waals surface area contributed by atoms with Gasteiger partial charge in [0.2, 0.25) is 0 Å². The molecule has 0 aliphatic heterocycles. The van der Waals surface area contributed by atoms with E-state index in [2.05, 4.69) is 4.98 Å². The van der Waals surface area contributed by atoms with Crippen molar-refractivity contribution in [2.24, 2.45) is 0 Å². The van der Waals surface area contributed by atoms with Gasteiger partial charge in [-0.2, -0.15) is 0 Å². The average Bonchev–Trinajstić information content (AvgIpc) is 2.58. The molecule has 0 bridgehead atoms. The van der Waals surface area contributed by atoms with E-state index >= 15 is 0 Å². The maximum absolute atomic E-state index is 11.8. The van der Waals surface area contributed by atoms with E-state index in [4.69, 9.17) is 21.8 Å². The molecule has 7 nitrogen and oxygen atoms in total. The summed E-state index contributed by atoms with van der Waals surface area (Å²) in [6.07, 6.45) is 5.36. The summed E-state index contributed by atoms with van der Waals surface area (Å²) in [5.41, 5.74) is 1.01. The molecule has 0 unspecified atom stereocenters. The molecule has 1 heterocycles. The van der Waals surface area contributed by atoms with Crippen LogP contribution < -0.4 is 0 Å². The van der Waals surface area contributed by atoms with Crippen LogP contribution in [0.15, 0.2) is 24.5 Å². The third-order valence-electron chi connectivity index (χ3n) is 3.59. The van der Waals surface area contributed by atoms with Gasteiger partial charge in [-0.3, -0.25) is 4.98 Å². The molecule has 0 fully saturated rings. The SMILES string of the molecule is CCCCOC(=O)CO[Si](C)(C)O[Si](C)(C)O[Si](C)(C)OCc1cccnc1. The van der Waals surface area contributed by atoms with E-state index < -0.39 is 25.7 Å². The predicted octanol–water partition coefficient (Wildman–Crippen LogP) is 4.10. The Labute approximate surface area is 172 Å². The summed E-state index contributed by atoms with van der Waals surface area (Å²) in [5.74, 6) is -0.354. The maximum atomic E-state index is 11.8. The second-order valence-electron chi connectivity index (χ2n) is 7.92. The lowest BCUT2D eigenvalue weighted by Gasteiger charge is -2.37. The van der Waals surface area contributed by atoms with Gasteiger partial charge in [-0.1, -0.05) is 19.4 Å². The van der Waals surface area contributed by atoms with Crippen LogP contribution in [0, 0.1) is 0 Å². The van der Waals surface area contributed by atoms with Crippen LogP contribution in [0.5, 0.6) is 0 Å². The summed E-state index contributed by atoms with van der Waals surface area (Å²) < 4.78 is 29.5. The van der Waals surface area contributed by atoms with Crippen molar-refractivity contribution in [3.8, 4) is 0 Å². The highest BCUT2D eigenvalue weighted by Crippen LogP contribution is 2.22. The molecule has 1 aromatic rings. The van der Waals surface area contributed by atoms with Crippen molar-refractivity contribution < 1.29 is 26.6 Å². The smallest absolute Gasteiger partial charge is 0.330 e. The number of esters is 1. The maximum Gasteiger partial charge on any atom is 0.330 e. The molecule has 0 saturated heterocycles. The third-order valence-corrected chi connectivity index (χ3v) is 13.1. The molecular weight excluding hydrogens is 410 g/mol. The molecule has 0 aliphatic carbocycles. The molecule has 0 spiro atoms. The molecule has 0 N–H and O–H groups in total. The molecular formula is C18H35NO6Si3. The Morgan fingerprint density at radius 1 is 1.00 bits per heavy atom. The highest BCUT2D eigenvalue weighted by atomic mass is 28.5. The van der Waals surface area contributed by atoms with Gasteiger partial charge in [0.25, 0.3) is 0 Å². The van der Waals surface area contributed by atoms with E-state index in [1.54, 1.807) is 12.4 Å². The van der Waals surface area contributed by atoms with Crippen molar-refractivity contribution in [3.63, 3.8) is 0 Å². The van der Waals surface area contributed by atoms with E-state index in [0.29, 0.717) is 13.2 Å². The van der Waals surface area contributed by atoms with Crippen molar-refractivity contribution in [1.82, 2.24) is 4.98 Å². The Hall–Kier alpha value is -0.889. The first kappa shape index (κ1) is 25.1. The molecule has 10 heteroatoms.